The maximum atomic E-state index is 12.5. The molecule has 1 amide bonds. The number of carbonyl (C=O) groups excluding carboxylic acids is 1. The van der Waals surface area contributed by atoms with Crippen LogP contribution in [0.15, 0.2) is 40.8 Å². The van der Waals surface area contributed by atoms with Crippen molar-refractivity contribution in [2.45, 2.75) is 26.7 Å². The number of oxazole rings is 1. The number of carbonyl (C=O) groups is 1. The topological polar surface area (TPSA) is 82.8 Å². The second kappa shape index (κ2) is 9.35. The SMILES string of the molecule is COc1cc(CCC(=O)Nc2cccc(-c3nc(C)c(C)o3)c2)cc(OC)c1OC. The number of hydrogen-bond donors (Lipinski definition) is 1. The highest BCUT2D eigenvalue weighted by Crippen LogP contribution is 2.38. The summed E-state index contributed by atoms with van der Waals surface area (Å²) in [4.78, 5) is 16.9. The Morgan fingerprint density at radius 3 is 2.30 bits per heavy atom. The van der Waals surface area contributed by atoms with Gasteiger partial charge in [-0.1, -0.05) is 6.07 Å². The molecule has 3 aromatic rings. The molecule has 3 rings (SSSR count). The highest BCUT2D eigenvalue weighted by atomic mass is 16.5. The summed E-state index contributed by atoms with van der Waals surface area (Å²) >= 11 is 0. The number of anilines is 1. The second-order valence-corrected chi connectivity index (χ2v) is 6.82. The van der Waals surface area contributed by atoms with Crippen LogP contribution in [-0.4, -0.2) is 32.2 Å². The molecule has 0 aliphatic carbocycles. The molecule has 1 aromatic heterocycles. The molecule has 0 saturated carbocycles. The van der Waals surface area contributed by atoms with Gasteiger partial charge in [-0.25, -0.2) is 4.98 Å². The zero-order valence-corrected chi connectivity index (χ0v) is 17.9. The Hall–Kier alpha value is -3.48. The van der Waals surface area contributed by atoms with Gasteiger partial charge in [-0.15, -0.1) is 0 Å². The highest BCUT2D eigenvalue weighted by molar-refractivity contribution is 5.91. The van der Waals surface area contributed by atoms with Gasteiger partial charge in [0.1, 0.15) is 5.76 Å². The normalized spacial score (nSPS) is 10.6. The number of nitrogens with one attached hydrogen (secondary N) is 1. The number of benzene rings is 2. The van der Waals surface area contributed by atoms with Gasteiger partial charge >= 0.3 is 0 Å². The quantitative estimate of drug-likeness (QED) is 0.586. The van der Waals surface area contributed by atoms with Gasteiger partial charge < -0.3 is 23.9 Å². The zero-order chi connectivity index (χ0) is 21.7. The van der Waals surface area contributed by atoms with Gasteiger partial charge in [-0.2, -0.15) is 0 Å². The number of ether oxygens (including phenoxy) is 3. The highest BCUT2D eigenvalue weighted by Gasteiger charge is 2.14. The maximum Gasteiger partial charge on any atom is 0.226 e. The van der Waals surface area contributed by atoms with Gasteiger partial charge in [-0.05, 0) is 56.2 Å². The second-order valence-electron chi connectivity index (χ2n) is 6.82. The molecule has 0 spiro atoms. The largest absolute Gasteiger partial charge is 0.493 e. The third-order valence-corrected chi connectivity index (χ3v) is 4.79. The first-order valence-electron chi connectivity index (χ1n) is 9.58. The molecule has 0 radical (unpaired) electrons. The molecule has 158 valence electrons. The van der Waals surface area contributed by atoms with Crippen molar-refractivity contribution in [3.8, 4) is 28.7 Å². The first-order valence-corrected chi connectivity index (χ1v) is 9.58. The zero-order valence-electron chi connectivity index (χ0n) is 17.9. The van der Waals surface area contributed by atoms with Crippen LogP contribution in [0.5, 0.6) is 17.2 Å². The van der Waals surface area contributed by atoms with Crippen LogP contribution in [-0.2, 0) is 11.2 Å². The van der Waals surface area contributed by atoms with Gasteiger partial charge in [0.2, 0.25) is 17.5 Å². The van der Waals surface area contributed by atoms with E-state index in [9.17, 15) is 4.79 Å². The van der Waals surface area contributed by atoms with Crippen molar-refractivity contribution in [3.63, 3.8) is 0 Å². The van der Waals surface area contributed by atoms with E-state index in [1.54, 1.807) is 21.3 Å². The summed E-state index contributed by atoms with van der Waals surface area (Å²) in [6, 6.07) is 11.1. The molecule has 30 heavy (non-hydrogen) atoms. The number of amides is 1. The van der Waals surface area contributed by atoms with E-state index >= 15 is 0 Å². The van der Waals surface area contributed by atoms with E-state index in [0.717, 1.165) is 22.6 Å². The smallest absolute Gasteiger partial charge is 0.226 e. The molecule has 0 aliphatic heterocycles. The molecular weight excluding hydrogens is 384 g/mol. The van der Waals surface area contributed by atoms with Crippen molar-refractivity contribution in [1.82, 2.24) is 4.98 Å². The molecule has 0 saturated heterocycles. The monoisotopic (exact) mass is 410 g/mol. The number of nitrogens with zero attached hydrogens (tertiary/aromatic N) is 1. The summed E-state index contributed by atoms with van der Waals surface area (Å²) in [6.45, 7) is 3.78. The van der Waals surface area contributed by atoms with Crippen molar-refractivity contribution < 1.29 is 23.4 Å². The fourth-order valence-electron chi connectivity index (χ4n) is 3.09. The van der Waals surface area contributed by atoms with Gasteiger partial charge in [-0.3, -0.25) is 4.79 Å². The van der Waals surface area contributed by atoms with Crippen molar-refractivity contribution in [3.05, 3.63) is 53.4 Å². The lowest BCUT2D eigenvalue weighted by molar-refractivity contribution is -0.116. The lowest BCUT2D eigenvalue weighted by Gasteiger charge is -2.14. The molecular formula is C23H26N2O5. The van der Waals surface area contributed by atoms with Gasteiger partial charge in [0.15, 0.2) is 11.5 Å². The molecule has 2 aromatic carbocycles. The lowest BCUT2D eigenvalue weighted by atomic mass is 10.1. The van der Waals surface area contributed by atoms with Crippen LogP contribution in [0.1, 0.15) is 23.4 Å². The Morgan fingerprint density at radius 2 is 1.73 bits per heavy atom. The summed E-state index contributed by atoms with van der Waals surface area (Å²) < 4.78 is 21.7. The molecule has 1 heterocycles. The number of aryl methyl sites for hydroxylation is 3. The summed E-state index contributed by atoms with van der Waals surface area (Å²) in [5, 5.41) is 2.93. The predicted octanol–water partition coefficient (Wildman–Crippen LogP) is 4.56. The first-order chi connectivity index (χ1) is 14.4. The number of methoxy groups -OCH3 is 3. The van der Waals surface area contributed by atoms with E-state index in [1.807, 2.05) is 50.2 Å². The molecule has 0 bridgehead atoms. The van der Waals surface area contributed by atoms with Crippen molar-refractivity contribution in [2.24, 2.45) is 0 Å². The van der Waals surface area contributed by atoms with E-state index in [4.69, 9.17) is 18.6 Å². The Morgan fingerprint density at radius 1 is 1.03 bits per heavy atom. The van der Waals surface area contributed by atoms with E-state index in [2.05, 4.69) is 10.3 Å². The van der Waals surface area contributed by atoms with Gasteiger partial charge in [0.25, 0.3) is 0 Å². The Bertz CT molecular complexity index is 997. The first kappa shape index (κ1) is 21.2. The van der Waals surface area contributed by atoms with Crippen LogP contribution >= 0.6 is 0 Å². The lowest BCUT2D eigenvalue weighted by Crippen LogP contribution is -2.12. The maximum absolute atomic E-state index is 12.5. The number of rotatable bonds is 8. The Kier molecular flexibility index (Phi) is 6.61. The summed E-state index contributed by atoms with van der Waals surface area (Å²) in [7, 11) is 4.69. The molecule has 7 nitrogen and oxygen atoms in total. The standard InChI is InChI=1S/C23H26N2O5/c1-14-15(2)30-23(24-14)17-7-6-8-18(13-17)25-21(26)10-9-16-11-19(27-3)22(29-5)20(12-16)28-4/h6-8,11-13H,9-10H2,1-5H3,(H,25,26). The van der Waals surface area contributed by atoms with Crippen molar-refractivity contribution >= 4 is 11.6 Å². The fourth-order valence-corrected chi connectivity index (χ4v) is 3.09. The summed E-state index contributed by atoms with van der Waals surface area (Å²) in [5.74, 6) is 2.89. The van der Waals surface area contributed by atoms with E-state index in [1.165, 1.54) is 0 Å². The molecule has 1 N–H and O–H groups in total. The van der Waals surface area contributed by atoms with Crippen LogP contribution in [0.3, 0.4) is 0 Å². The third-order valence-electron chi connectivity index (χ3n) is 4.79. The van der Waals surface area contributed by atoms with E-state index in [-0.39, 0.29) is 5.91 Å². The molecule has 0 aliphatic rings. The minimum Gasteiger partial charge on any atom is -0.493 e. The molecule has 7 heteroatoms. The number of aromatic nitrogens is 1. The predicted molar refractivity (Wildman–Crippen MR) is 114 cm³/mol. The Balaban J connectivity index is 1.67. The molecule has 0 atom stereocenters. The Labute approximate surface area is 176 Å². The van der Waals surface area contributed by atoms with Crippen LogP contribution < -0.4 is 19.5 Å². The molecule has 0 unspecified atom stereocenters. The average Bonchev–Trinajstić information content (AvgIpc) is 3.10. The van der Waals surface area contributed by atoms with Crippen LogP contribution in [0.2, 0.25) is 0 Å². The van der Waals surface area contributed by atoms with E-state index in [0.29, 0.717) is 41.7 Å². The third kappa shape index (κ3) is 4.74. The van der Waals surface area contributed by atoms with Crippen molar-refractivity contribution in [1.29, 1.82) is 0 Å². The van der Waals surface area contributed by atoms with Gasteiger partial charge in [0.05, 0.1) is 27.0 Å². The van der Waals surface area contributed by atoms with E-state index < -0.39 is 0 Å². The van der Waals surface area contributed by atoms with Crippen LogP contribution in [0.4, 0.5) is 5.69 Å². The van der Waals surface area contributed by atoms with Crippen molar-refractivity contribution in [2.75, 3.05) is 26.6 Å². The molecule has 0 fully saturated rings. The van der Waals surface area contributed by atoms with Crippen LogP contribution in [0.25, 0.3) is 11.5 Å². The summed E-state index contributed by atoms with van der Waals surface area (Å²) in [5.41, 5.74) is 3.27. The average molecular weight is 410 g/mol. The van der Waals surface area contributed by atoms with Gasteiger partial charge in [0, 0.05) is 17.7 Å². The minimum atomic E-state index is -0.0966. The fraction of sp³-hybridized carbons (Fsp3) is 0.304. The summed E-state index contributed by atoms with van der Waals surface area (Å²) in [6.07, 6.45) is 0.834. The van der Waals surface area contributed by atoms with Crippen LogP contribution in [0, 0.1) is 13.8 Å². The number of hydrogen-bond acceptors (Lipinski definition) is 6. The minimum absolute atomic E-state index is 0.0966.